The topological polar surface area (TPSA) is 79.1 Å². The van der Waals surface area contributed by atoms with Crippen molar-refractivity contribution in [2.75, 3.05) is 59.0 Å². The van der Waals surface area contributed by atoms with E-state index in [1.54, 1.807) is 11.0 Å². The minimum atomic E-state index is -0.156. The van der Waals surface area contributed by atoms with Crippen LogP contribution in [0.1, 0.15) is 16.9 Å². The highest BCUT2D eigenvalue weighted by Crippen LogP contribution is 2.20. The summed E-state index contributed by atoms with van der Waals surface area (Å²) in [4.78, 5) is 31.1. The van der Waals surface area contributed by atoms with E-state index in [4.69, 9.17) is 9.26 Å². The van der Waals surface area contributed by atoms with Gasteiger partial charge in [0.15, 0.2) is 11.5 Å². The number of nitrogens with zero attached hydrogens (tertiary/aromatic N) is 4. The summed E-state index contributed by atoms with van der Waals surface area (Å²) in [5, 5.41) is 3.94. The molecule has 2 fully saturated rings. The van der Waals surface area contributed by atoms with Gasteiger partial charge in [-0.3, -0.25) is 14.5 Å². The maximum atomic E-state index is 12.7. The van der Waals surface area contributed by atoms with Gasteiger partial charge in [0.2, 0.25) is 5.91 Å². The van der Waals surface area contributed by atoms with Gasteiger partial charge in [0.25, 0.3) is 5.91 Å². The van der Waals surface area contributed by atoms with Crippen molar-refractivity contribution >= 4 is 11.8 Å². The fourth-order valence-electron chi connectivity index (χ4n) is 3.67. The fourth-order valence-corrected chi connectivity index (χ4v) is 3.67. The van der Waals surface area contributed by atoms with Crippen molar-refractivity contribution in [2.24, 2.45) is 0 Å². The summed E-state index contributed by atoms with van der Waals surface area (Å²) in [5.74, 6) is 0.568. The van der Waals surface area contributed by atoms with Crippen molar-refractivity contribution in [2.45, 2.75) is 6.42 Å². The summed E-state index contributed by atoms with van der Waals surface area (Å²) in [6, 6.07) is 11.3. The zero-order chi connectivity index (χ0) is 20.1. The molecule has 2 saturated heterocycles. The number of ether oxygens (including phenoxy) is 1. The molecule has 8 nitrogen and oxygen atoms in total. The number of hydrogen-bond donors (Lipinski definition) is 0. The predicted molar refractivity (Wildman–Crippen MR) is 106 cm³/mol. The molecule has 0 radical (unpaired) electrons. The Morgan fingerprint density at radius 1 is 0.931 bits per heavy atom. The van der Waals surface area contributed by atoms with Gasteiger partial charge in [0.05, 0.1) is 13.2 Å². The molecule has 8 heteroatoms. The Hall–Kier alpha value is -2.71. The molecule has 3 heterocycles. The van der Waals surface area contributed by atoms with Crippen molar-refractivity contribution in [3.8, 4) is 11.3 Å². The highest BCUT2D eigenvalue weighted by Gasteiger charge is 2.27. The third-order valence-electron chi connectivity index (χ3n) is 5.45. The molecule has 0 spiro atoms. The van der Waals surface area contributed by atoms with Crippen LogP contribution in [0.5, 0.6) is 0 Å². The van der Waals surface area contributed by atoms with Crippen LogP contribution in [0.25, 0.3) is 11.3 Å². The largest absolute Gasteiger partial charge is 0.379 e. The zero-order valence-corrected chi connectivity index (χ0v) is 16.5. The van der Waals surface area contributed by atoms with Gasteiger partial charge in [-0.25, -0.2) is 0 Å². The highest BCUT2D eigenvalue weighted by atomic mass is 16.5. The van der Waals surface area contributed by atoms with E-state index in [-0.39, 0.29) is 11.8 Å². The number of benzene rings is 1. The molecule has 0 saturated carbocycles. The van der Waals surface area contributed by atoms with Crippen molar-refractivity contribution in [3.63, 3.8) is 0 Å². The van der Waals surface area contributed by atoms with Crippen LogP contribution in [0.15, 0.2) is 40.9 Å². The summed E-state index contributed by atoms with van der Waals surface area (Å²) in [5.41, 5.74) is 1.19. The quantitative estimate of drug-likeness (QED) is 0.757. The van der Waals surface area contributed by atoms with E-state index in [9.17, 15) is 9.59 Å². The third-order valence-corrected chi connectivity index (χ3v) is 5.45. The minimum absolute atomic E-state index is 0.149. The molecule has 1 aromatic heterocycles. The molecule has 0 atom stereocenters. The monoisotopic (exact) mass is 398 g/mol. The fraction of sp³-hybridized carbons (Fsp3) is 0.476. The normalized spacial score (nSPS) is 18.1. The van der Waals surface area contributed by atoms with Gasteiger partial charge in [0.1, 0.15) is 0 Å². The highest BCUT2D eigenvalue weighted by molar-refractivity contribution is 5.93. The average molecular weight is 398 g/mol. The van der Waals surface area contributed by atoms with Gasteiger partial charge in [-0.2, -0.15) is 0 Å². The molecule has 0 bridgehead atoms. The van der Waals surface area contributed by atoms with Crippen LogP contribution in [-0.4, -0.2) is 90.7 Å². The Kier molecular flexibility index (Phi) is 6.21. The predicted octanol–water partition coefficient (Wildman–Crippen LogP) is 1.35. The zero-order valence-electron chi connectivity index (χ0n) is 16.5. The van der Waals surface area contributed by atoms with Crippen LogP contribution in [0.2, 0.25) is 0 Å². The van der Waals surface area contributed by atoms with E-state index < -0.39 is 0 Å². The summed E-state index contributed by atoms with van der Waals surface area (Å²) < 4.78 is 10.7. The summed E-state index contributed by atoms with van der Waals surface area (Å²) in [6.45, 7) is 6.14. The lowest BCUT2D eigenvalue weighted by Crippen LogP contribution is -2.51. The van der Waals surface area contributed by atoms with Crippen molar-refractivity contribution in [1.82, 2.24) is 19.9 Å². The van der Waals surface area contributed by atoms with Gasteiger partial charge in [-0.15, -0.1) is 0 Å². The number of amides is 2. The summed E-state index contributed by atoms with van der Waals surface area (Å²) in [6.07, 6.45) is 0.512. The van der Waals surface area contributed by atoms with Gasteiger partial charge in [-0.1, -0.05) is 35.5 Å². The van der Waals surface area contributed by atoms with E-state index in [2.05, 4.69) is 10.1 Å². The van der Waals surface area contributed by atoms with Gasteiger partial charge in [-0.05, 0) is 0 Å². The summed E-state index contributed by atoms with van der Waals surface area (Å²) in [7, 11) is 0. The first kappa shape index (κ1) is 19.6. The number of carbonyl (C=O) groups excluding carboxylic acids is 2. The number of rotatable bonds is 5. The SMILES string of the molecule is O=C(CCN1CCOCC1)N1CCN(C(=O)c2cc(-c3ccccc3)on2)CC1. The van der Waals surface area contributed by atoms with Crippen LogP contribution >= 0.6 is 0 Å². The van der Waals surface area contributed by atoms with E-state index in [0.717, 1.165) is 38.4 Å². The minimum Gasteiger partial charge on any atom is -0.379 e. The third kappa shape index (κ3) is 4.83. The van der Waals surface area contributed by atoms with Crippen LogP contribution < -0.4 is 0 Å². The lowest BCUT2D eigenvalue weighted by Gasteiger charge is -2.35. The molecule has 4 rings (SSSR count). The number of piperazine rings is 1. The average Bonchev–Trinajstić information content (AvgIpc) is 3.29. The molecular weight excluding hydrogens is 372 g/mol. The van der Waals surface area contributed by atoms with Gasteiger partial charge < -0.3 is 19.1 Å². The summed E-state index contributed by atoms with van der Waals surface area (Å²) >= 11 is 0. The molecule has 0 unspecified atom stereocenters. The van der Waals surface area contributed by atoms with E-state index in [1.165, 1.54) is 0 Å². The van der Waals surface area contributed by atoms with Crippen LogP contribution in [-0.2, 0) is 9.53 Å². The van der Waals surface area contributed by atoms with Gasteiger partial charge >= 0.3 is 0 Å². The maximum Gasteiger partial charge on any atom is 0.276 e. The molecule has 0 N–H and O–H groups in total. The Bertz CT molecular complexity index is 824. The van der Waals surface area contributed by atoms with Crippen LogP contribution in [0, 0.1) is 0 Å². The van der Waals surface area contributed by atoms with Crippen molar-refractivity contribution in [3.05, 3.63) is 42.1 Å². The smallest absolute Gasteiger partial charge is 0.276 e. The van der Waals surface area contributed by atoms with E-state index in [0.29, 0.717) is 44.1 Å². The molecule has 154 valence electrons. The second-order valence-electron chi connectivity index (χ2n) is 7.32. The van der Waals surface area contributed by atoms with Crippen molar-refractivity contribution in [1.29, 1.82) is 0 Å². The molecule has 2 aromatic rings. The van der Waals surface area contributed by atoms with E-state index >= 15 is 0 Å². The maximum absolute atomic E-state index is 12.7. The molecule has 2 aliphatic heterocycles. The van der Waals surface area contributed by atoms with Crippen molar-refractivity contribution < 1.29 is 18.8 Å². The number of aromatic nitrogens is 1. The number of morpholine rings is 1. The Balaban J connectivity index is 1.26. The first-order valence-electron chi connectivity index (χ1n) is 10.1. The van der Waals surface area contributed by atoms with Gasteiger partial charge in [0, 0.05) is 63.9 Å². The lowest BCUT2D eigenvalue weighted by atomic mass is 10.1. The van der Waals surface area contributed by atoms with E-state index in [1.807, 2.05) is 35.2 Å². The molecule has 29 heavy (non-hydrogen) atoms. The molecule has 2 amide bonds. The second kappa shape index (κ2) is 9.19. The molecule has 1 aromatic carbocycles. The Morgan fingerprint density at radius 3 is 2.34 bits per heavy atom. The standard InChI is InChI=1S/C21H26N4O4/c26-20(6-7-23-12-14-28-15-13-23)24-8-10-25(11-9-24)21(27)18-16-19(29-22-18)17-4-2-1-3-5-17/h1-5,16H,6-15H2. The first-order chi connectivity index (χ1) is 14.2. The lowest BCUT2D eigenvalue weighted by molar-refractivity contribution is -0.133. The molecule has 2 aliphatic rings. The number of carbonyl (C=O) groups is 2. The molecule has 0 aliphatic carbocycles. The Morgan fingerprint density at radius 2 is 1.62 bits per heavy atom. The second-order valence-corrected chi connectivity index (χ2v) is 7.32. The number of hydrogen-bond acceptors (Lipinski definition) is 6. The van der Waals surface area contributed by atoms with Crippen LogP contribution in [0.3, 0.4) is 0 Å². The molecular formula is C21H26N4O4. The Labute approximate surface area is 170 Å². The first-order valence-corrected chi connectivity index (χ1v) is 10.1. The van der Waals surface area contributed by atoms with Crippen LogP contribution in [0.4, 0.5) is 0 Å².